The first-order valence-electron chi connectivity index (χ1n) is 6.20. The fourth-order valence-electron chi connectivity index (χ4n) is 2.61. The van der Waals surface area contributed by atoms with Crippen LogP contribution in [-0.4, -0.2) is 25.8 Å². The SMILES string of the molecule is Cn1nc(Br)c2c(NC3CCCC3C#N)ncnc21. The van der Waals surface area contributed by atoms with Gasteiger partial charge in [-0.1, -0.05) is 0 Å². The minimum absolute atomic E-state index is 0.0560. The molecule has 19 heavy (non-hydrogen) atoms. The molecule has 2 aromatic rings. The molecule has 3 rings (SSSR count). The van der Waals surface area contributed by atoms with E-state index in [0.717, 1.165) is 40.7 Å². The highest BCUT2D eigenvalue weighted by Crippen LogP contribution is 2.31. The van der Waals surface area contributed by atoms with Crippen LogP contribution in [0.4, 0.5) is 5.82 Å². The second-order valence-electron chi connectivity index (χ2n) is 4.75. The van der Waals surface area contributed by atoms with Gasteiger partial charge in [0, 0.05) is 13.1 Å². The summed E-state index contributed by atoms with van der Waals surface area (Å²) in [6, 6.07) is 2.53. The van der Waals surface area contributed by atoms with Gasteiger partial charge in [0.2, 0.25) is 0 Å². The fourth-order valence-corrected chi connectivity index (χ4v) is 3.22. The molecule has 0 saturated heterocycles. The molecule has 0 bridgehead atoms. The number of nitriles is 1. The molecule has 0 radical (unpaired) electrons. The van der Waals surface area contributed by atoms with Crippen molar-refractivity contribution < 1.29 is 0 Å². The average Bonchev–Trinajstić information content (AvgIpc) is 2.96. The number of fused-ring (bicyclic) bond motifs is 1. The van der Waals surface area contributed by atoms with Crippen molar-refractivity contribution in [1.82, 2.24) is 19.7 Å². The number of aryl methyl sites for hydroxylation is 1. The lowest BCUT2D eigenvalue weighted by Crippen LogP contribution is -2.23. The van der Waals surface area contributed by atoms with Crippen LogP contribution < -0.4 is 5.32 Å². The van der Waals surface area contributed by atoms with E-state index in [2.05, 4.69) is 42.4 Å². The van der Waals surface area contributed by atoms with Gasteiger partial charge in [-0.3, -0.25) is 0 Å². The molecule has 1 aliphatic carbocycles. The van der Waals surface area contributed by atoms with Crippen molar-refractivity contribution in [3.05, 3.63) is 10.9 Å². The van der Waals surface area contributed by atoms with Crippen LogP contribution in [0.1, 0.15) is 19.3 Å². The lowest BCUT2D eigenvalue weighted by molar-refractivity contribution is 0.628. The lowest BCUT2D eigenvalue weighted by Gasteiger charge is -2.16. The summed E-state index contributed by atoms with van der Waals surface area (Å²) in [6.07, 6.45) is 4.56. The van der Waals surface area contributed by atoms with E-state index in [1.807, 2.05) is 7.05 Å². The Morgan fingerprint density at radius 2 is 2.32 bits per heavy atom. The number of hydrogen-bond donors (Lipinski definition) is 1. The molecule has 7 heteroatoms. The monoisotopic (exact) mass is 320 g/mol. The van der Waals surface area contributed by atoms with Crippen LogP contribution in [-0.2, 0) is 7.05 Å². The summed E-state index contributed by atoms with van der Waals surface area (Å²) in [7, 11) is 1.84. The molecule has 0 aromatic carbocycles. The van der Waals surface area contributed by atoms with Crippen LogP contribution in [0.15, 0.2) is 10.9 Å². The van der Waals surface area contributed by atoms with Crippen molar-refractivity contribution in [1.29, 1.82) is 5.26 Å². The highest BCUT2D eigenvalue weighted by atomic mass is 79.9. The quantitative estimate of drug-likeness (QED) is 0.917. The van der Waals surface area contributed by atoms with E-state index >= 15 is 0 Å². The predicted molar refractivity (Wildman–Crippen MR) is 74.4 cm³/mol. The van der Waals surface area contributed by atoms with E-state index in [1.165, 1.54) is 6.33 Å². The number of nitrogens with zero attached hydrogens (tertiary/aromatic N) is 5. The molecule has 1 N–H and O–H groups in total. The van der Waals surface area contributed by atoms with E-state index in [1.54, 1.807) is 4.68 Å². The van der Waals surface area contributed by atoms with Gasteiger partial charge in [0.25, 0.3) is 0 Å². The van der Waals surface area contributed by atoms with Crippen LogP contribution >= 0.6 is 15.9 Å². The summed E-state index contributed by atoms with van der Waals surface area (Å²) in [5.41, 5.74) is 0.774. The Hall–Kier alpha value is -1.68. The Morgan fingerprint density at radius 1 is 1.47 bits per heavy atom. The number of nitrogens with one attached hydrogen (secondary N) is 1. The topological polar surface area (TPSA) is 79.4 Å². The largest absolute Gasteiger partial charge is 0.365 e. The molecular weight excluding hydrogens is 308 g/mol. The molecule has 2 atom stereocenters. The average molecular weight is 321 g/mol. The van der Waals surface area contributed by atoms with Crippen molar-refractivity contribution in [2.24, 2.45) is 13.0 Å². The predicted octanol–water partition coefficient (Wildman–Crippen LogP) is 2.23. The molecule has 1 fully saturated rings. The summed E-state index contributed by atoms with van der Waals surface area (Å²) in [6.45, 7) is 0. The first-order valence-corrected chi connectivity index (χ1v) is 6.99. The molecule has 6 nitrogen and oxygen atoms in total. The maximum atomic E-state index is 9.14. The Kier molecular flexibility index (Phi) is 3.11. The zero-order valence-electron chi connectivity index (χ0n) is 10.5. The molecule has 0 aliphatic heterocycles. The lowest BCUT2D eigenvalue weighted by atomic mass is 10.1. The second-order valence-corrected chi connectivity index (χ2v) is 5.50. The Morgan fingerprint density at radius 3 is 3.11 bits per heavy atom. The van der Waals surface area contributed by atoms with Crippen LogP contribution in [0, 0.1) is 17.2 Å². The Balaban J connectivity index is 1.99. The van der Waals surface area contributed by atoms with Gasteiger partial charge in [-0.15, -0.1) is 0 Å². The second kappa shape index (κ2) is 4.78. The summed E-state index contributed by atoms with van der Waals surface area (Å²) < 4.78 is 2.43. The van der Waals surface area contributed by atoms with Crippen molar-refractivity contribution in [2.75, 3.05) is 5.32 Å². The van der Waals surface area contributed by atoms with E-state index in [-0.39, 0.29) is 12.0 Å². The van der Waals surface area contributed by atoms with Crippen LogP contribution in [0.2, 0.25) is 0 Å². The molecule has 0 spiro atoms. The van der Waals surface area contributed by atoms with Gasteiger partial charge in [0.1, 0.15) is 16.7 Å². The standard InChI is InChI=1S/C12H13BrN6/c1-19-12-9(10(13)18-19)11(15-6-16-12)17-8-4-2-3-7(8)5-14/h6-8H,2-4H2,1H3,(H,15,16,17). The third-order valence-electron chi connectivity index (χ3n) is 3.58. The van der Waals surface area contributed by atoms with Crippen molar-refractivity contribution in [3.63, 3.8) is 0 Å². The van der Waals surface area contributed by atoms with Gasteiger partial charge in [-0.05, 0) is 35.2 Å². The zero-order chi connectivity index (χ0) is 13.4. The molecular formula is C12H13BrN6. The van der Waals surface area contributed by atoms with Crippen molar-refractivity contribution in [3.8, 4) is 6.07 Å². The van der Waals surface area contributed by atoms with Crippen molar-refractivity contribution >= 4 is 32.8 Å². The first kappa shape index (κ1) is 12.4. The number of rotatable bonds is 2. The summed E-state index contributed by atoms with van der Waals surface area (Å²) in [5.74, 6) is 0.803. The molecule has 2 aromatic heterocycles. The zero-order valence-corrected chi connectivity index (χ0v) is 12.1. The first-order chi connectivity index (χ1) is 9.20. The summed E-state index contributed by atoms with van der Waals surface area (Å²) in [5, 5.41) is 17.7. The van der Waals surface area contributed by atoms with E-state index < -0.39 is 0 Å². The van der Waals surface area contributed by atoms with Gasteiger partial charge >= 0.3 is 0 Å². The number of aromatic nitrogens is 4. The third kappa shape index (κ3) is 2.06. The minimum Gasteiger partial charge on any atom is -0.365 e. The molecule has 0 amide bonds. The highest BCUT2D eigenvalue weighted by Gasteiger charge is 2.28. The Labute approximate surface area is 119 Å². The van der Waals surface area contributed by atoms with Gasteiger partial charge in [0.15, 0.2) is 5.65 Å². The van der Waals surface area contributed by atoms with E-state index in [4.69, 9.17) is 5.26 Å². The maximum Gasteiger partial charge on any atom is 0.164 e. The van der Waals surface area contributed by atoms with Gasteiger partial charge in [-0.2, -0.15) is 10.4 Å². The highest BCUT2D eigenvalue weighted by molar-refractivity contribution is 9.10. The number of anilines is 1. The van der Waals surface area contributed by atoms with E-state index in [0.29, 0.717) is 0 Å². The van der Waals surface area contributed by atoms with Crippen LogP contribution in [0.3, 0.4) is 0 Å². The minimum atomic E-state index is 0.0560. The number of halogens is 1. The molecule has 2 unspecified atom stereocenters. The number of hydrogen-bond acceptors (Lipinski definition) is 5. The smallest absolute Gasteiger partial charge is 0.164 e. The van der Waals surface area contributed by atoms with Crippen molar-refractivity contribution in [2.45, 2.75) is 25.3 Å². The van der Waals surface area contributed by atoms with Gasteiger partial charge in [-0.25, -0.2) is 14.6 Å². The molecule has 2 heterocycles. The van der Waals surface area contributed by atoms with E-state index in [9.17, 15) is 0 Å². The van der Waals surface area contributed by atoms with Crippen LogP contribution in [0.5, 0.6) is 0 Å². The summed E-state index contributed by atoms with van der Waals surface area (Å²) >= 11 is 3.43. The molecule has 98 valence electrons. The van der Waals surface area contributed by atoms with Gasteiger partial charge in [0.05, 0.1) is 17.4 Å². The maximum absolute atomic E-state index is 9.14. The summed E-state index contributed by atoms with van der Waals surface area (Å²) in [4.78, 5) is 8.53. The molecule has 1 aliphatic rings. The third-order valence-corrected chi connectivity index (χ3v) is 4.14. The van der Waals surface area contributed by atoms with Crippen LogP contribution in [0.25, 0.3) is 11.0 Å². The van der Waals surface area contributed by atoms with Gasteiger partial charge < -0.3 is 5.32 Å². The fraction of sp³-hybridized carbons (Fsp3) is 0.500. The Bertz CT molecular complexity index is 658. The normalized spacial score (nSPS) is 22.6. The molecule has 1 saturated carbocycles.